The molecule has 0 unspecified atom stereocenters. The van der Waals surface area contributed by atoms with Crippen LogP contribution in [0.5, 0.6) is 0 Å². The first-order chi connectivity index (χ1) is 7.94. The average molecular weight is 262 g/mol. The molecule has 0 saturated heterocycles. The molecule has 0 bridgehead atoms. The van der Waals surface area contributed by atoms with Crippen LogP contribution in [-0.4, -0.2) is 12.4 Å². The minimum atomic E-state index is -0.809. The minimum Gasteiger partial charge on any atom is -0.312 e. The van der Waals surface area contributed by atoms with E-state index in [1.54, 1.807) is 6.07 Å². The summed E-state index contributed by atoms with van der Waals surface area (Å²) in [6.07, 6.45) is 0.916. The fraction of sp³-hybridized carbons (Fsp3) is 0.538. The van der Waals surface area contributed by atoms with Gasteiger partial charge in [0.2, 0.25) is 0 Å². The van der Waals surface area contributed by atoms with Gasteiger partial charge in [-0.15, -0.1) is 11.6 Å². The van der Waals surface area contributed by atoms with Crippen LogP contribution in [0, 0.1) is 17.0 Å². The smallest absolute Gasteiger partial charge is 0.159 e. The van der Waals surface area contributed by atoms with Crippen molar-refractivity contribution in [3.8, 4) is 0 Å². The molecule has 0 fully saturated rings. The molecular weight excluding hydrogens is 244 g/mol. The average Bonchev–Trinajstić information content (AvgIpc) is 2.23. The van der Waals surface area contributed by atoms with Crippen LogP contribution in [0.15, 0.2) is 18.2 Å². The van der Waals surface area contributed by atoms with Gasteiger partial charge in [0.1, 0.15) is 0 Å². The van der Waals surface area contributed by atoms with Crippen molar-refractivity contribution in [2.75, 3.05) is 12.4 Å². The predicted molar refractivity (Wildman–Crippen MR) is 67.2 cm³/mol. The van der Waals surface area contributed by atoms with Crippen LogP contribution in [-0.2, 0) is 6.54 Å². The molecule has 0 heterocycles. The van der Waals surface area contributed by atoms with Gasteiger partial charge in [-0.05, 0) is 29.5 Å². The topological polar surface area (TPSA) is 12.0 Å². The molecule has 0 radical (unpaired) electrons. The SMILES string of the molecule is CC(C)(CCCl)CNCc1ccc(F)c(F)c1. The zero-order valence-corrected chi connectivity index (χ0v) is 11.0. The van der Waals surface area contributed by atoms with Gasteiger partial charge in [0.15, 0.2) is 11.6 Å². The van der Waals surface area contributed by atoms with Crippen molar-refractivity contribution < 1.29 is 8.78 Å². The summed E-state index contributed by atoms with van der Waals surface area (Å²) in [6.45, 7) is 5.56. The standard InChI is InChI=1S/C13H18ClF2N/c1-13(2,5-6-14)9-17-8-10-3-4-11(15)12(16)7-10/h3-4,7,17H,5-6,8-9H2,1-2H3. The summed E-state index contributed by atoms with van der Waals surface area (Å²) in [5.41, 5.74) is 0.853. The molecule has 4 heteroatoms. The molecule has 0 aromatic heterocycles. The van der Waals surface area contributed by atoms with E-state index in [1.165, 1.54) is 6.07 Å². The first-order valence-corrected chi connectivity index (χ1v) is 6.19. The van der Waals surface area contributed by atoms with Crippen LogP contribution >= 0.6 is 11.6 Å². The predicted octanol–water partition coefficient (Wildman–Crippen LogP) is 3.71. The highest BCUT2D eigenvalue weighted by atomic mass is 35.5. The maximum Gasteiger partial charge on any atom is 0.159 e. The molecule has 1 aromatic carbocycles. The molecule has 1 aromatic rings. The molecule has 0 atom stereocenters. The molecule has 0 aliphatic heterocycles. The van der Waals surface area contributed by atoms with E-state index in [2.05, 4.69) is 19.2 Å². The Balaban J connectivity index is 2.43. The summed E-state index contributed by atoms with van der Waals surface area (Å²) in [4.78, 5) is 0. The Hall–Kier alpha value is -0.670. The lowest BCUT2D eigenvalue weighted by atomic mass is 9.90. The molecule has 0 saturated carbocycles. The van der Waals surface area contributed by atoms with E-state index >= 15 is 0 Å². The van der Waals surface area contributed by atoms with E-state index in [9.17, 15) is 8.78 Å². The Morgan fingerprint density at radius 3 is 2.53 bits per heavy atom. The molecule has 0 aliphatic rings. The highest BCUT2D eigenvalue weighted by Gasteiger charge is 2.16. The molecule has 1 nitrogen and oxygen atoms in total. The quantitative estimate of drug-likeness (QED) is 0.770. The largest absolute Gasteiger partial charge is 0.312 e. The van der Waals surface area contributed by atoms with Gasteiger partial charge in [0.25, 0.3) is 0 Å². The third-order valence-corrected chi connectivity index (χ3v) is 2.88. The number of halogens is 3. The Morgan fingerprint density at radius 1 is 1.24 bits per heavy atom. The molecular formula is C13H18ClF2N. The van der Waals surface area contributed by atoms with E-state index in [4.69, 9.17) is 11.6 Å². The molecule has 1 rings (SSSR count). The van der Waals surface area contributed by atoms with Crippen molar-refractivity contribution in [2.24, 2.45) is 5.41 Å². The van der Waals surface area contributed by atoms with Crippen LogP contribution in [0.4, 0.5) is 8.78 Å². The van der Waals surface area contributed by atoms with Crippen molar-refractivity contribution in [2.45, 2.75) is 26.8 Å². The maximum absolute atomic E-state index is 12.9. The third-order valence-electron chi connectivity index (χ3n) is 2.69. The monoisotopic (exact) mass is 261 g/mol. The lowest BCUT2D eigenvalue weighted by molar-refractivity contribution is 0.329. The van der Waals surface area contributed by atoms with Crippen LogP contribution in [0.1, 0.15) is 25.8 Å². The maximum atomic E-state index is 12.9. The summed E-state index contributed by atoms with van der Waals surface area (Å²) in [7, 11) is 0. The van der Waals surface area contributed by atoms with E-state index in [-0.39, 0.29) is 5.41 Å². The van der Waals surface area contributed by atoms with E-state index in [0.29, 0.717) is 12.4 Å². The Morgan fingerprint density at radius 2 is 1.94 bits per heavy atom. The van der Waals surface area contributed by atoms with Crippen molar-refractivity contribution in [1.29, 1.82) is 0 Å². The highest BCUT2D eigenvalue weighted by Crippen LogP contribution is 2.19. The zero-order chi connectivity index (χ0) is 12.9. The molecule has 17 heavy (non-hydrogen) atoms. The third kappa shape index (κ3) is 5.00. The van der Waals surface area contributed by atoms with Gasteiger partial charge in [-0.2, -0.15) is 0 Å². The van der Waals surface area contributed by atoms with Crippen molar-refractivity contribution in [1.82, 2.24) is 5.32 Å². The normalized spacial score (nSPS) is 11.8. The fourth-order valence-electron chi connectivity index (χ4n) is 1.54. The number of nitrogens with one attached hydrogen (secondary N) is 1. The number of hydrogen-bond acceptors (Lipinski definition) is 1. The fourth-order valence-corrected chi connectivity index (χ4v) is 2.05. The van der Waals surface area contributed by atoms with Gasteiger partial charge in [-0.1, -0.05) is 19.9 Å². The molecule has 1 N–H and O–H groups in total. The number of benzene rings is 1. The first kappa shape index (κ1) is 14.4. The van der Waals surface area contributed by atoms with E-state index in [1.807, 2.05) is 0 Å². The van der Waals surface area contributed by atoms with Crippen molar-refractivity contribution in [3.05, 3.63) is 35.4 Å². The van der Waals surface area contributed by atoms with Crippen molar-refractivity contribution in [3.63, 3.8) is 0 Å². The zero-order valence-electron chi connectivity index (χ0n) is 10.2. The first-order valence-electron chi connectivity index (χ1n) is 5.65. The lowest BCUT2D eigenvalue weighted by Crippen LogP contribution is -2.29. The van der Waals surface area contributed by atoms with Crippen LogP contribution in [0.3, 0.4) is 0 Å². The Bertz CT molecular complexity index is 366. The van der Waals surface area contributed by atoms with Crippen molar-refractivity contribution >= 4 is 11.6 Å². The second-order valence-corrected chi connectivity index (χ2v) is 5.33. The molecule has 0 amide bonds. The summed E-state index contributed by atoms with van der Waals surface area (Å²) in [6, 6.07) is 3.95. The van der Waals surface area contributed by atoms with Gasteiger partial charge in [-0.3, -0.25) is 0 Å². The van der Waals surface area contributed by atoms with Gasteiger partial charge in [0, 0.05) is 19.0 Å². The summed E-state index contributed by atoms with van der Waals surface area (Å²) < 4.78 is 25.6. The lowest BCUT2D eigenvalue weighted by Gasteiger charge is -2.23. The number of alkyl halides is 1. The second kappa shape index (κ2) is 6.31. The molecule has 0 spiro atoms. The summed E-state index contributed by atoms with van der Waals surface area (Å²) in [5.74, 6) is -0.986. The number of rotatable bonds is 6. The summed E-state index contributed by atoms with van der Waals surface area (Å²) in [5, 5.41) is 3.23. The number of hydrogen-bond donors (Lipinski definition) is 1. The van der Waals surface area contributed by atoms with E-state index in [0.717, 1.165) is 24.6 Å². The van der Waals surface area contributed by atoms with Gasteiger partial charge < -0.3 is 5.32 Å². The van der Waals surface area contributed by atoms with Crippen LogP contribution in [0.25, 0.3) is 0 Å². The van der Waals surface area contributed by atoms with E-state index < -0.39 is 11.6 Å². The Labute approximate surface area is 106 Å². The molecule has 96 valence electrons. The minimum absolute atomic E-state index is 0.111. The van der Waals surface area contributed by atoms with Crippen LogP contribution < -0.4 is 5.32 Å². The van der Waals surface area contributed by atoms with Gasteiger partial charge >= 0.3 is 0 Å². The second-order valence-electron chi connectivity index (χ2n) is 4.96. The molecule has 0 aliphatic carbocycles. The summed E-state index contributed by atoms with van der Waals surface area (Å²) >= 11 is 5.70. The van der Waals surface area contributed by atoms with Gasteiger partial charge in [-0.25, -0.2) is 8.78 Å². The highest BCUT2D eigenvalue weighted by molar-refractivity contribution is 6.17. The van der Waals surface area contributed by atoms with Gasteiger partial charge in [0.05, 0.1) is 0 Å². The Kier molecular flexibility index (Phi) is 5.34. The van der Waals surface area contributed by atoms with Crippen LogP contribution in [0.2, 0.25) is 0 Å².